The highest BCUT2D eigenvalue weighted by atomic mass is 19.4. The van der Waals surface area contributed by atoms with Crippen molar-refractivity contribution in [3.8, 4) is 0 Å². The minimum Gasteiger partial charge on any atom is -0.385 e. The molecule has 0 aromatic heterocycles. The average Bonchev–Trinajstić information content (AvgIpc) is 2.18. The summed E-state index contributed by atoms with van der Waals surface area (Å²) in [6.45, 7) is -0.00532. The van der Waals surface area contributed by atoms with Crippen LogP contribution >= 0.6 is 0 Å². The molecule has 0 aliphatic carbocycles. The van der Waals surface area contributed by atoms with E-state index in [4.69, 9.17) is 0 Å². The molecule has 1 aromatic rings. The number of nitrogens with one attached hydrogen (secondary N) is 1. The Morgan fingerprint density at radius 3 is 2.62 bits per heavy atom. The molecule has 0 saturated heterocycles. The Morgan fingerprint density at radius 2 is 2.00 bits per heavy atom. The zero-order valence-corrected chi connectivity index (χ0v) is 8.11. The van der Waals surface area contributed by atoms with Crippen LogP contribution in [-0.2, 0) is 5.60 Å². The van der Waals surface area contributed by atoms with Gasteiger partial charge in [0.15, 0.2) is 5.60 Å². The van der Waals surface area contributed by atoms with E-state index in [1.165, 1.54) is 6.07 Å². The Balaban J connectivity index is 2.59. The fourth-order valence-electron chi connectivity index (χ4n) is 1.82. The van der Waals surface area contributed by atoms with Crippen LogP contribution in [0.5, 0.6) is 0 Å². The van der Waals surface area contributed by atoms with Crippen LogP contribution in [0.15, 0.2) is 18.2 Å². The monoisotopic (exact) mass is 235 g/mol. The summed E-state index contributed by atoms with van der Waals surface area (Å²) in [5.74, 6) is -0.801. The molecule has 1 heterocycles. The summed E-state index contributed by atoms with van der Waals surface area (Å²) >= 11 is 0. The second kappa shape index (κ2) is 3.35. The number of fused-ring (bicyclic) bond motifs is 1. The van der Waals surface area contributed by atoms with Gasteiger partial charge in [-0.1, -0.05) is 0 Å². The van der Waals surface area contributed by atoms with E-state index in [2.05, 4.69) is 5.32 Å². The highest BCUT2D eigenvalue weighted by Crippen LogP contribution is 2.46. The standard InChI is InChI=1S/C10H9F4NO/c11-6-1-2-8-7(5-6)9(16,3-4-15-8)10(12,13)14/h1-2,5,15-16H,3-4H2. The lowest BCUT2D eigenvalue weighted by Crippen LogP contribution is -2.46. The molecular formula is C10H9F4NO. The molecule has 0 bridgehead atoms. The molecule has 2 nitrogen and oxygen atoms in total. The van der Waals surface area contributed by atoms with Gasteiger partial charge in [-0.3, -0.25) is 0 Å². The molecule has 0 saturated carbocycles. The summed E-state index contributed by atoms with van der Waals surface area (Å²) in [5, 5.41) is 12.3. The molecule has 6 heteroatoms. The van der Waals surface area contributed by atoms with Crippen LogP contribution in [0.2, 0.25) is 0 Å². The van der Waals surface area contributed by atoms with Crippen LogP contribution < -0.4 is 5.32 Å². The van der Waals surface area contributed by atoms with E-state index in [9.17, 15) is 22.7 Å². The van der Waals surface area contributed by atoms with Crippen LogP contribution in [0.25, 0.3) is 0 Å². The van der Waals surface area contributed by atoms with Crippen molar-refractivity contribution in [2.75, 3.05) is 11.9 Å². The number of aliphatic hydroxyl groups is 1. The zero-order chi connectivity index (χ0) is 12.0. The van der Waals surface area contributed by atoms with Gasteiger partial charge in [0.25, 0.3) is 0 Å². The predicted octanol–water partition coefficient (Wildman–Crippen LogP) is 2.39. The maximum Gasteiger partial charge on any atom is 0.421 e. The summed E-state index contributed by atoms with van der Waals surface area (Å²) in [7, 11) is 0. The number of hydrogen-bond acceptors (Lipinski definition) is 2. The Labute approximate surface area is 88.9 Å². The molecule has 0 spiro atoms. The first kappa shape index (κ1) is 11.2. The summed E-state index contributed by atoms with van der Waals surface area (Å²) in [5.41, 5.74) is -3.30. The van der Waals surface area contributed by atoms with Gasteiger partial charge in [0, 0.05) is 24.2 Å². The van der Waals surface area contributed by atoms with Gasteiger partial charge in [0.05, 0.1) is 0 Å². The minimum absolute atomic E-state index is 0.00532. The summed E-state index contributed by atoms with van der Waals surface area (Å²) < 4.78 is 51.1. The SMILES string of the molecule is OC1(C(F)(F)F)CCNc2ccc(F)cc21. The fourth-order valence-corrected chi connectivity index (χ4v) is 1.82. The maximum atomic E-state index is 12.9. The third-order valence-corrected chi connectivity index (χ3v) is 2.70. The number of hydrogen-bond donors (Lipinski definition) is 2. The molecule has 1 atom stereocenters. The Hall–Kier alpha value is -1.30. The van der Waals surface area contributed by atoms with Crippen LogP contribution in [0.3, 0.4) is 0 Å². The van der Waals surface area contributed by atoms with Gasteiger partial charge in [-0.15, -0.1) is 0 Å². The Bertz CT molecular complexity index is 418. The van der Waals surface area contributed by atoms with Gasteiger partial charge in [-0.25, -0.2) is 4.39 Å². The number of halogens is 4. The first-order chi connectivity index (χ1) is 7.34. The van der Waals surface area contributed by atoms with Gasteiger partial charge in [0.1, 0.15) is 5.82 Å². The molecule has 2 rings (SSSR count). The third kappa shape index (κ3) is 1.53. The van der Waals surface area contributed by atoms with Crippen LogP contribution in [-0.4, -0.2) is 17.8 Å². The quantitative estimate of drug-likeness (QED) is 0.677. The van der Waals surface area contributed by atoms with Gasteiger partial charge in [-0.05, 0) is 18.2 Å². The molecule has 0 radical (unpaired) electrons. The van der Waals surface area contributed by atoms with Crippen LogP contribution in [0.4, 0.5) is 23.2 Å². The Morgan fingerprint density at radius 1 is 1.31 bits per heavy atom. The molecule has 1 unspecified atom stereocenters. The molecule has 1 aromatic carbocycles. The molecule has 0 fully saturated rings. The first-order valence-electron chi connectivity index (χ1n) is 4.67. The topological polar surface area (TPSA) is 32.3 Å². The summed E-state index contributed by atoms with van der Waals surface area (Å²) in [6.07, 6.45) is -5.33. The van der Waals surface area contributed by atoms with E-state index in [-0.39, 0.29) is 12.2 Å². The van der Waals surface area contributed by atoms with E-state index in [1.54, 1.807) is 0 Å². The molecule has 16 heavy (non-hydrogen) atoms. The van der Waals surface area contributed by atoms with Crippen molar-refractivity contribution < 1.29 is 22.7 Å². The first-order valence-corrected chi connectivity index (χ1v) is 4.67. The van der Waals surface area contributed by atoms with Crippen molar-refractivity contribution >= 4 is 5.69 Å². The van der Waals surface area contributed by atoms with Gasteiger partial charge < -0.3 is 10.4 Å². The molecule has 88 valence electrons. The third-order valence-electron chi connectivity index (χ3n) is 2.70. The van der Waals surface area contributed by atoms with Crippen molar-refractivity contribution in [2.45, 2.75) is 18.2 Å². The molecular weight excluding hydrogens is 226 g/mol. The van der Waals surface area contributed by atoms with E-state index < -0.39 is 29.6 Å². The maximum absolute atomic E-state index is 12.9. The van der Waals surface area contributed by atoms with E-state index in [1.807, 2.05) is 0 Å². The molecule has 0 amide bonds. The minimum atomic E-state index is -4.81. The van der Waals surface area contributed by atoms with Gasteiger partial charge >= 0.3 is 6.18 Å². The van der Waals surface area contributed by atoms with E-state index >= 15 is 0 Å². The predicted molar refractivity (Wildman–Crippen MR) is 49.5 cm³/mol. The zero-order valence-electron chi connectivity index (χ0n) is 8.11. The van der Waals surface area contributed by atoms with Crippen LogP contribution in [0, 0.1) is 5.82 Å². The number of benzene rings is 1. The second-order valence-corrected chi connectivity index (χ2v) is 3.72. The summed E-state index contributed by atoms with van der Waals surface area (Å²) in [4.78, 5) is 0. The van der Waals surface area contributed by atoms with E-state index in [0.717, 1.165) is 12.1 Å². The molecule has 1 aliphatic rings. The van der Waals surface area contributed by atoms with Gasteiger partial charge in [0.2, 0.25) is 0 Å². The smallest absolute Gasteiger partial charge is 0.385 e. The highest BCUT2D eigenvalue weighted by Gasteiger charge is 2.56. The second-order valence-electron chi connectivity index (χ2n) is 3.72. The lowest BCUT2D eigenvalue weighted by Gasteiger charge is -2.36. The largest absolute Gasteiger partial charge is 0.421 e. The van der Waals surface area contributed by atoms with Crippen molar-refractivity contribution in [3.63, 3.8) is 0 Å². The van der Waals surface area contributed by atoms with E-state index in [0.29, 0.717) is 0 Å². The lowest BCUT2D eigenvalue weighted by molar-refractivity contribution is -0.268. The van der Waals surface area contributed by atoms with Crippen molar-refractivity contribution in [3.05, 3.63) is 29.6 Å². The van der Waals surface area contributed by atoms with Crippen molar-refractivity contribution in [1.82, 2.24) is 0 Å². The normalized spacial score (nSPS) is 24.8. The van der Waals surface area contributed by atoms with Crippen molar-refractivity contribution in [1.29, 1.82) is 0 Å². The summed E-state index contributed by atoms with van der Waals surface area (Å²) in [6, 6.07) is 2.96. The highest BCUT2D eigenvalue weighted by molar-refractivity contribution is 5.56. The number of anilines is 1. The van der Waals surface area contributed by atoms with Crippen molar-refractivity contribution in [2.24, 2.45) is 0 Å². The molecule has 1 aliphatic heterocycles. The van der Waals surface area contributed by atoms with Crippen LogP contribution in [0.1, 0.15) is 12.0 Å². The molecule has 2 N–H and O–H groups in total. The number of rotatable bonds is 0. The fraction of sp³-hybridized carbons (Fsp3) is 0.400. The Kier molecular flexibility index (Phi) is 2.34. The lowest BCUT2D eigenvalue weighted by atomic mass is 9.85. The average molecular weight is 235 g/mol. The van der Waals surface area contributed by atoms with Gasteiger partial charge in [-0.2, -0.15) is 13.2 Å². The number of alkyl halides is 3.